The summed E-state index contributed by atoms with van der Waals surface area (Å²) in [6.07, 6.45) is 3.11. The fourth-order valence-electron chi connectivity index (χ4n) is 3.21. The molecule has 0 saturated heterocycles. The van der Waals surface area contributed by atoms with Crippen molar-refractivity contribution in [3.05, 3.63) is 53.7 Å². The largest absolute Gasteiger partial charge is 0.373 e. The minimum absolute atomic E-state index is 0.0982. The normalized spacial score (nSPS) is 17.0. The molecule has 1 aliphatic heterocycles. The Labute approximate surface area is 127 Å². The molecule has 0 spiro atoms. The highest BCUT2D eigenvalue weighted by Gasteiger charge is 2.30. The van der Waals surface area contributed by atoms with E-state index in [1.807, 2.05) is 7.05 Å². The Hall–Kier alpha value is -2.03. The number of aromatic nitrogens is 1. The first-order chi connectivity index (χ1) is 10.1. The van der Waals surface area contributed by atoms with E-state index in [0.717, 1.165) is 25.3 Å². The summed E-state index contributed by atoms with van der Waals surface area (Å²) >= 11 is 0. The first-order valence-electron chi connectivity index (χ1n) is 7.57. The van der Waals surface area contributed by atoms with Crippen molar-refractivity contribution in [3.63, 3.8) is 0 Å². The number of hydrogen-bond donors (Lipinski definition) is 1. The molecule has 0 saturated carbocycles. The van der Waals surface area contributed by atoms with E-state index >= 15 is 0 Å². The lowest BCUT2D eigenvalue weighted by Crippen LogP contribution is -2.35. The average molecular weight is 281 g/mol. The molecule has 1 aromatic heterocycles. The van der Waals surface area contributed by atoms with Crippen LogP contribution in [0, 0.1) is 0 Å². The summed E-state index contributed by atoms with van der Waals surface area (Å²) in [5, 5.41) is 3.14. The number of hydrogen-bond acceptors (Lipinski definition) is 3. The summed E-state index contributed by atoms with van der Waals surface area (Å²) < 4.78 is 0. The topological polar surface area (TPSA) is 28.2 Å². The molecule has 1 aliphatic rings. The van der Waals surface area contributed by atoms with Gasteiger partial charge in [0.1, 0.15) is 5.82 Å². The van der Waals surface area contributed by atoms with Crippen molar-refractivity contribution >= 4 is 11.5 Å². The second-order valence-corrected chi connectivity index (χ2v) is 6.37. The highest BCUT2D eigenvalue weighted by Crippen LogP contribution is 2.33. The predicted octanol–water partition coefficient (Wildman–Crippen LogP) is 3.46. The third-order valence-corrected chi connectivity index (χ3v) is 4.33. The van der Waals surface area contributed by atoms with Gasteiger partial charge in [0.25, 0.3) is 0 Å². The molecule has 1 N–H and O–H groups in total. The number of nitrogens with zero attached hydrogens (tertiary/aromatic N) is 2. The summed E-state index contributed by atoms with van der Waals surface area (Å²) in [7, 11) is 1.92. The molecule has 0 amide bonds. The van der Waals surface area contributed by atoms with Gasteiger partial charge in [-0.3, -0.25) is 0 Å². The molecule has 0 atom stereocenters. The molecule has 0 unspecified atom stereocenters. The summed E-state index contributed by atoms with van der Waals surface area (Å²) in [5.74, 6) is 0.956. The van der Waals surface area contributed by atoms with Crippen LogP contribution in [0.4, 0.5) is 11.5 Å². The van der Waals surface area contributed by atoms with Crippen molar-refractivity contribution in [1.82, 2.24) is 4.98 Å². The molecule has 3 heteroatoms. The number of nitrogens with one attached hydrogen (secondary N) is 1. The van der Waals surface area contributed by atoms with E-state index in [2.05, 4.69) is 71.6 Å². The molecule has 1 aromatic carbocycles. The van der Waals surface area contributed by atoms with Crippen LogP contribution in [0.1, 0.15) is 25.0 Å². The van der Waals surface area contributed by atoms with Crippen LogP contribution >= 0.6 is 0 Å². The van der Waals surface area contributed by atoms with Crippen molar-refractivity contribution in [1.29, 1.82) is 0 Å². The van der Waals surface area contributed by atoms with Gasteiger partial charge in [-0.1, -0.05) is 32.0 Å². The van der Waals surface area contributed by atoms with Crippen molar-refractivity contribution in [2.75, 3.05) is 30.4 Å². The smallest absolute Gasteiger partial charge is 0.125 e. The first-order valence-corrected chi connectivity index (χ1v) is 7.57. The van der Waals surface area contributed by atoms with E-state index in [0.29, 0.717) is 0 Å². The molecular weight excluding hydrogens is 258 g/mol. The Kier molecular flexibility index (Phi) is 3.58. The molecule has 0 bridgehead atoms. The quantitative estimate of drug-likeness (QED) is 0.913. The molecule has 3 rings (SSSR count). The van der Waals surface area contributed by atoms with Gasteiger partial charge in [0.15, 0.2) is 0 Å². The lowest BCUT2D eigenvalue weighted by Gasteiger charge is -2.32. The van der Waals surface area contributed by atoms with Gasteiger partial charge in [-0.25, -0.2) is 4.98 Å². The fourth-order valence-corrected chi connectivity index (χ4v) is 3.21. The molecular formula is C18H23N3. The number of benzene rings is 1. The summed E-state index contributed by atoms with van der Waals surface area (Å²) in [6.45, 7) is 6.69. The van der Waals surface area contributed by atoms with Crippen LogP contribution in [0.3, 0.4) is 0 Å². The zero-order chi connectivity index (χ0) is 14.9. The van der Waals surface area contributed by atoms with Crippen molar-refractivity contribution < 1.29 is 0 Å². The second-order valence-electron chi connectivity index (χ2n) is 6.37. The highest BCUT2D eigenvalue weighted by atomic mass is 15.1. The van der Waals surface area contributed by atoms with Gasteiger partial charge in [-0.05, 0) is 35.7 Å². The average Bonchev–Trinajstić information content (AvgIpc) is 2.64. The van der Waals surface area contributed by atoms with Gasteiger partial charge in [0.05, 0.1) is 0 Å². The van der Waals surface area contributed by atoms with E-state index in [-0.39, 0.29) is 5.41 Å². The third-order valence-electron chi connectivity index (χ3n) is 4.33. The predicted molar refractivity (Wildman–Crippen MR) is 89.2 cm³/mol. The Balaban J connectivity index is 1.96. The maximum atomic E-state index is 4.52. The summed E-state index contributed by atoms with van der Waals surface area (Å²) in [6, 6.07) is 12.9. The number of anilines is 2. The van der Waals surface area contributed by atoms with Crippen LogP contribution in [0.2, 0.25) is 0 Å². The van der Waals surface area contributed by atoms with Crippen molar-refractivity contribution in [3.8, 4) is 0 Å². The summed E-state index contributed by atoms with van der Waals surface area (Å²) in [4.78, 5) is 7.00. The lowest BCUT2D eigenvalue weighted by molar-refractivity contribution is 0.522. The molecule has 3 nitrogen and oxygen atoms in total. The number of fused-ring (bicyclic) bond motifs is 1. The zero-order valence-electron chi connectivity index (χ0n) is 13.1. The monoisotopic (exact) mass is 281 g/mol. The Morgan fingerprint density at radius 3 is 2.67 bits per heavy atom. The minimum Gasteiger partial charge on any atom is -0.373 e. The van der Waals surface area contributed by atoms with Gasteiger partial charge in [-0.2, -0.15) is 0 Å². The highest BCUT2D eigenvalue weighted by molar-refractivity contribution is 5.51. The van der Waals surface area contributed by atoms with Crippen LogP contribution in [-0.4, -0.2) is 25.1 Å². The Morgan fingerprint density at radius 2 is 1.95 bits per heavy atom. The molecule has 110 valence electrons. The molecule has 0 radical (unpaired) electrons. The van der Waals surface area contributed by atoms with E-state index < -0.39 is 0 Å². The molecule has 21 heavy (non-hydrogen) atoms. The van der Waals surface area contributed by atoms with Gasteiger partial charge in [0.2, 0.25) is 0 Å². The Bertz CT molecular complexity index is 620. The van der Waals surface area contributed by atoms with Crippen LogP contribution in [0.5, 0.6) is 0 Å². The minimum atomic E-state index is 0.0982. The van der Waals surface area contributed by atoms with Crippen molar-refractivity contribution in [2.24, 2.45) is 0 Å². The standard InChI is InChI=1S/C18H23N3/c1-18(2)13-21(15-7-5-4-6-8-15)10-9-14-11-17(19-3)20-12-16(14)18/h4-8,11-12H,9-10,13H2,1-3H3,(H,19,20). The first kappa shape index (κ1) is 13.9. The molecule has 2 heterocycles. The molecule has 2 aromatic rings. The maximum absolute atomic E-state index is 4.52. The fraction of sp³-hybridized carbons (Fsp3) is 0.389. The maximum Gasteiger partial charge on any atom is 0.125 e. The van der Waals surface area contributed by atoms with Crippen LogP contribution in [-0.2, 0) is 11.8 Å². The third kappa shape index (κ3) is 2.73. The molecule has 0 fully saturated rings. The number of para-hydroxylation sites is 1. The van der Waals surface area contributed by atoms with E-state index in [4.69, 9.17) is 0 Å². The van der Waals surface area contributed by atoms with Gasteiger partial charge < -0.3 is 10.2 Å². The van der Waals surface area contributed by atoms with E-state index in [1.165, 1.54) is 16.8 Å². The second kappa shape index (κ2) is 5.40. The van der Waals surface area contributed by atoms with Crippen LogP contribution < -0.4 is 10.2 Å². The molecule has 0 aliphatic carbocycles. The van der Waals surface area contributed by atoms with E-state index in [9.17, 15) is 0 Å². The zero-order valence-corrected chi connectivity index (χ0v) is 13.1. The summed E-state index contributed by atoms with van der Waals surface area (Å²) in [5.41, 5.74) is 4.19. The van der Waals surface area contributed by atoms with Gasteiger partial charge in [-0.15, -0.1) is 0 Å². The number of rotatable bonds is 2. The van der Waals surface area contributed by atoms with Crippen LogP contribution in [0.25, 0.3) is 0 Å². The van der Waals surface area contributed by atoms with Gasteiger partial charge in [0, 0.05) is 37.4 Å². The van der Waals surface area contributed by atoms with E-state index in [1.54, 1.807) is 0 Å². The Morgan fingerprint density at radius 1 is 1.19 bits per heavy atom. The van der Waals surface area contributed by atoms with Crippen LogP contribution in [0.15, 0.2) is 42.6 Å². The SMILES string of the molecule is CNc1cc2c(cn1)C(C)(C)CN(c1ccccc1)CC2. The lowest BCUT2D eigenvalue weighted by atomic mass is 9.83. The number of pyridine rings is 1. The van der Waals surface area contributed by atoms with Crippen molar-refractivity contribution in [2.45, 2.75) is 25.7 Å². The van der Waals surface area contributed by atoms with Gasteiger partial charge >= 0.3 is 0 Å².